The summed E-state index contributed by atoms with van der Waals surface area (Å²) in [6, 6.07) is 7.72. The monoisotopic (exact) mass is 311 g/mol. The van der Waals surface area contributed by atoms with Gasteiger partial charge in [0.15, 0.2) is 0 Å². The van der Waals surface area contributed by atoms with Gasteiger partial charge in [0.05, 0.1) is 11.1 Å². The van der Waals surface area contributed by atoms with E-state index in [0.717, 1.165) is 10.1 Å². The minimum Gasteiger partial charge on any atom is -0.393 e. The maximum absolute atomic E-state index is 12.2. The van der Waals surface area contributed by atoms with Crippen LogP contribution in [0.25, 0.3) is 10.1 Å². The molecule has 20 heavy (non-hydrogen) atoms. The molecule has 0 fully saturated rings. The fraction of sp³-hybridized carbons (Fsp3) is 0.400. The molecule has 0 aliphatic carbocycles. The van der Waals surface area contributed by atoms with Crippen LogP contribution in [0.1, 0.15) is 29.9 Å². The summed E-state index contributed by atoms with van der Waals surface area (Å²) < 4.78 is 1.01. The Kier molecular flexibility index (Phi) is 5.02. The van der Waals surface area contributed by atoms with Crippen LogP contribution in [0.4, 0.5) is 0 Å². The van der Waals surface area contributed by atoms with Crippen LogP contribution in [0.15, 0.2) is 24.3 Å². The zero-order chi connectivity index (χ0) is 14.7. The quantitative estimate of drug-likeness (QED) is 0.884. The number of aliphatic hydroxyl groups excluding tert-OH is 1. The van der Waals surface area contributed by atoms with E-state index in [9.17, 15) is 9.90 Å². The normalized spacial score (nSPS) is 14.2. The van der Waals surface area contributed by atoms with E-state index in [1.807, 2.05) is 31.2 Å². The second kappa shape index (κ2) is 6.57. The van der Waals surface area contributed by atoms with Crippen LogP contribution < -0.4 is 5.32 Å². The van der Waals surface area contributed by atoms with E-state index in [1.165, 1.54) is 11.3 Å². The number of thiophene rings is 1. The number of halogens is 1. The Morgan fingerprint density at radius 3 is 2.75 bits per heavy atom. The van der Waals surface area contributed by atoms with Gasteiger partial charge in [-0.3, -0.25) is 4.79 Å². The zero-order valence-corrected chi connectivity index (χ0v) is 13.1. The van der Waals surface area contributed by atoms with Crippen LogP contribution in [0.2, 0.25) is 5.02 Å². The molecule has 1 aromatic heterocycles. The highest BCUT2D eigenvalue weighted by Gasteiger charge is 2.17. The summed E-state index contributed by atoms with van der Waals surface area (Å²) in [5.41, 5.74) is 0. The van der Waals surface area contributed by atoms with Crippen molar-refractivity contribution in [1.82, 2.24) is 5.32 Å². The van der Waals surface area contributed by atoms with Crippen molar-refractivity contribution in [3.05, 3.63) is 34.2 Å². The molecule has 0 saturated heterocycles. The molecule has 0 radical (unpaired) electrons. The molecule has 0 aliphatic heterocycles. The van der Waals surface area contributed by atoms with Crippen molar-refractivity contribution in [3.63, 3.8) is 0 Å². The summed E-state index contributed by atoms with van der Waals surface area (Å²) in [6.07, 6.45) is 0.315. The maximum atomic E-state index is 12.2. The highest BCUT2D eigenvalue weighted by atomic mass is 35.5. The van der Waals surface area contributed by atoms with Crippen LogP contribution in [-0.4, -0.2) is 23.7 Å². The Balaban J connectivity index is 2.06. The van der Waals surface area contributed by atoms with E-state index < -0.39 is 0 Å². The van der Waals surface area contributed by atoms with Crippen molar-refractivity contribution in [2.75, 3.05) is 6.54 Å². The van der Waals surface area contributed by atoms with Gasteiger partial charge in [-0.15, -0.1) is 11.3 Å². The lowest BCUT2D eigenvalue weighted by Gasteiger charge is -2.13. The fourth-order valence-corrected chi connectivity index (χ4v) is 3.61. The SMILES string of the molecule is CC(O)CC(C)CNC(=O)c1sc2ccccc2c1Cl. The molecule has 2 aromatic rings. The largest absolute Gasteiger partial charge is 0.393 e. The third kappa shape index (κ3) is 3.51. The van der Waals surface area contributed by atoms with Crippen molar-refractivity contribution in [3.8, 4) is 0 Å². The van der Waals surface area contributed by atoms with Gasteiger partial charge >= 0.3 is 0 Å². The first-order valence-corrected chi connectivity index (χ1v) is 7.81. The summed E-state index contributed by atoms with van der Waals surface area (Å²) in [5.74, 6) is 0.0840. The molecule has 2 N–H and O–H groups in total. The predicted molar refractivity (Wildman–Crippen MR) is 84.6 cm³/mol. The Morgan fingerprint density at radius 2 is 2.10 bits per heavy atom. The summed E-state index contributed by atoms with van der Waals surface area (Å²) in [5, 5.41) is 13.6. The van der Waals surface area contributed by atoms with Crippen molar-refractivity contribution >= 4 is 38.9 Å². The fourth-order valence-electron chi connectivity index (χ4n) is 2.17. The van der Waals surface area contributed by atoms with E-state index in [-0.39, 0.29) is 17.9 Å². The van der Waals surface area contributed by atoms with Crippen LogP contribution >= 0.6 is 22.9 Å². The number of nitrogens with one attached hydrogen (secondary N) is 1. The van der Waals surface area contributed by atoms with Gasteiger partial charge < -0.3 is 10.4 Å². The minimum absolute atomic E-state index is 0.145. The van der Waals surface area contributed by atoms with Gasteiger partial charge in [-0.25, -0.2) is 0 Å². The van der Waals surface area contributed by atoms with Gasteiger partial charge in [-0.1, -0.05) is 36.7 Å². The highest BCUT2D eigenvalue weighted by molar-refractivity contribution is 7.21. The first-order chi connectivity index (χ1) is 9.49. The molecule has 0 saturated carbocycles. The molecule has 0 aliphatic rings. The number of hydrogen-bond donors (Lipinski definition) is 2. The van der Waals surface area contributed by atoms with Gasteiger partial charge in [-0.05, 0) is 25.3 Å². The number of carbonyl (C=O) groups excluding carboxylic acids is 1. The lowest BCUT2D eigenvalue weighted by molar-refractivity contribution is 0.0943. The van der Waals surface area contributed by atoms with E-state index >= 15 is 0 Å². The number of benzene rings is 1. The molecule has 108 valence electrons. The Bertz CT molecular complexity index is 609. The Labute approximate surface area is 127 Å². The minimum atomic E-state index is -0.352. The Hall–Kier alpha value is -1.10. The number of hydrogen-bond acceptors (Lipinski definition) is 3. The van der Waals surface area contributed by atoms with Crippen LogP contribution in [-0.2, 0) is 0 Å². The van der Waals surface area contributed by atoms with Crippen LogP contribution in [0, 0.1) is 5.92 Å². The number of aliphatic hydroxyl groups is 1. The molecule has 5 heteroatoms. The van der Waals surface area contributed by atoms with Crippen LogP contribution in [0.3, 0.4) is 0 Å². The van der Waals surface area contributed by atoms with E-state index in [2.05, 4.69) is 5.32 Å². The predicted octanol–water partition coefficient (Wildman–Crippen LogP) is 3.69. The summed E-state index contributed by atoms with van der Waals surface area (Å²) in [7, 11) is 0. The number of amides is 1. The third-order valence-electron chi connectivity index (χ3n) is 3.10. The number of rotatable bonds is 5. The third-order valence-corrected chi connectivity index (χ3v) is 4.77. The average Bonchev–Trinajstić information content (AvgIpc) is 2.73. The molecule has 2 unspecified atom stereocenters. The molecule has 3 nitrogen and oxygen atoms in total. The van der Waals surface area contributed by atoms with Gasteiger partial charge in [0.2, 0.25) is 0 Å². The molecule has 1 aromatic carbocycles. The second-order valence-corrected chi connectivity index (χ2v) is 6.57. The lowest BCUT2D eigenvalue weighted by atomic mass is 10.0. The van der Waals surface area contributed by atoms with Gasteiger partial charge in [0.25, 0.3) is 5.91 Å². The van der Waals surface area contributed by atoms with Crippen molar-refractivity contribution in [2.45, 2.75) is 26.4 Å². The second-order valence-electron chi connectivity index (χ2n) is 5.14. The first kappa shape index (κ1) is 15.3. The van der Waals surface area contributed by atoms with Gasteiger partial charge in [0, 0.05) is 16.6 Å². The molecule has 2 atom stereocenters. The smallest absolute Gasteiger partial charge is 0.262 e. The summed E-state index contributed by atoms with van der Waals surface area (Å²) in [6.45, 7) is 4.29. The van der Waals surface area contributed by atoms with Gasteiger partial charge in [0.1, 0.15) is 4.88 Å². The molecule has 1 heterocycles. The molecular weight excluding hydrogens is 294 g/mol. The molecule has 2 rings (SSSR count). The van der Waals surface area contributed by atoms with Crippen LogP contribution in [0.5, 0.6) is 0 Å². The zero-order valence-electron chi connectivity index (χ0n) is 11.5. The molecule has 0 bridgehead atoms. The molecule has 1 amide bonds. The topological polar surface area (TPSA) is 49.3 Å². The van der Waals surface area contributed by atoms with E-state index in [1.54, 1.807) is 6.92 Å². The molecular formula is C15H18ClNO2S. The summed E-state index contributed by atoms with van der Waals surface area (Å²) >= 11 is 7.67. The summed E-state index contributed by atoms with van der Waals surface area (Å²) in [4.78, 5) is 12.7. The lowest BCUT2D eigenvalue weighted by Crippen LogP contribution is -2.29. The van der Waals surface area contributed by atoms with Crippen molar-refractivity contribution in [1.29, 1.82) is 0 Å². The first-order valence-electron chi connectivity index (χ1n) is 6.62. The van der Waals surface area contributed by atoms with Gasteiger partial charge in [-0.2, -0.15) is 0 Å². The standard InChI is InChI=1S/C15H18ClNO2S/c1-9(7-10(2)18)8-17-15(19)14-13(16)11-5-3-4-6-12(11)20-14/h3-6,9-10,18H,7-8H2,1-2H3,(H,17,19). The number of carbonyl (C=O) groups is 1. The van der Waals surface area contributed by atoms with E-state index in [4.69, 9.17) is 11.6 Å². The van der Waals surface area contributed by atoms with Crippen molar-refractivity contribution in [2.24, 2.45) is 5.92 Å². The van der Waals surface area contributed by atoms with Crippen molar-refractivity contribution < 1.29 is 9.90 Å². The average molecular weight is 312 g/mol. The van der Waals surface area contributed by atoms with E-state index in [0.29, 0.717) is 22.9 Å². The Morgan fingerprint density at radius 1 is 1.40 bits per heavy atom. The molecule has 0 spiro atoms. The maximum Gasteiger partial charge on any atom is 0.262 e. The highest BCUT2D eigenvalue weighted by Crippen LogP contribution is 2.34. The number of fused-ring (bicyclic) bond motifs is 1.